The molecule has 0 spiro atoms. The maximum Gasteiger partial charge on any atom is 0.294 e. The highest BCUT2D eigenvalue weighted by Crippen LogP contribution is 2.25. The Hall–Kier alpha value is -3.01. The lowest BCUT2D eigenvalue weighted by molar-refractivity contribution is -0.114. The molecule has 1 aromatic carbocycles. The lowest BCUT2D eigenvalue weighted by Crippen LogP contribution is -2.21. The van der Waals surface area contributed by atoms with Crippen LogP contribution >= 0.6 is 0 Å². The zero-order valence-corrected chi connectivity index (χ0v) is 12.6. The fraction of sp³-hybridized carbons (Fsp3) is 0.143. The molecule has 1 N–H and O–H groups in total. The van der Waals surface area contributed by atoms with Crippen LogP contribution in [0.15, 0.2) is 45.9 Å². The van der Waals surface area contributed by atoms with Crippen molar-refractivity contribution in [3.05, 3.63) is 35.9 Å². The Balaban J connectivity index is 2.36. The van der Waals surface area contributed by atoms with Crippen molar-refractivity contribution >= 4 is 27.4 Å². The minimum absolute atomic E-state index is 0.136. The van der Waals surface area contributed by atoms with Gasteiger partial charge in [0.15, 0.2) is 5.92 Å². The van der Waals surface area contributed by atoms with E-state index in [1.54, 1.807) is 19.1 Å². The normalized spacial score (nSPS) is 16.4. The summed E-state index contributed by atoms with van der Waals surface area (Å²) in [5, 5.41) is 22.6. The molecule has 1 aliphatic heterocycles. The third kappa shape index (κ3) is 3.26. The van der Waals surface area contributed by atoms with Crippen molar-refractivity contribution in [3.8, 4) is 12.1 Å². The van der Waals surface area contributed by atoms with Crippen LogP contribution in [0.5, 0.6) is 0 Å². The first kappa shape index (κ1) is 16.4. The smallest absolute Gasteiger partial charge is 0.282 e. The molecular weight excluding hydrogens is 320 g/mol. The van der Waals surface area contributed by atoms with Crippen LogP contribution in [-0.2, 0) is 14.9 Å². The van der Waals surface area contributed by atoms with Gasteiger partial charge in [-0.25, -0.2) is 0 Å². The van der Waals surface area contributed by atoms with E-state index in [2.05, 4.69) is 5.10 Å². The number of hydrazone groups is 1. The molecule has 8 nitrogen and oxygen atoms in total. The van der Waals surface area contributed by atoms with E-state index in [0.717, 1.165) is 17.1 Å². The van der Waals surface area contributed by atoms with E-state index in [1.807, 2.05) is 0 Å². The summed E-state index contributed by atoms with van der Waals surface area (Å²) in [6.07, 6.45) is 1.23. The molecule has 116 valence electrons. The summed E-state index contributed by atoms with van der Waals surface area (Å²) in [4.78, 5) is 12.0. The fourth-order valence-corrected chi connectivity index (χ4v) is 2.39. The van der Waals surface area contributed by atoms with Gasteiger partial charge < -0.3 is 0 Å². The van der Waals surface area contributed by atoms with E-state index in [0.29, 0.717) is 5.71 Å². The third-order valence-corrected chi connectivity index (χ3v) is 3.92. The van der Waals surface area contributed by atoms with E-state index < -0.39 is 21.9 Å². The second-order valence-electron chi connectivity index (χ2n) is 4.59. The number of carbonyl (C=O) groups excluding carboxylic acids is 1. The number of carbonyl (C=O) groups is 1. The first-order valence-corrected chi connectivity index (χ1v) is 7.70. The van der Waals surface area contributed by atoms with E-state index >= 15 is 0 Å². The molecule has 1 aromatic rings. The molecule has 2 rings (SSSR count). The minimum atomic E-state index is -4.32. The standard InChI is InChI=1S/C14H10N4O4S/c1-9-13(6-10(7-15)8-16)14(19)18(17-9)11-2-4-12(5-3-11)23(20,21)22/h2-6,10H,1H3,(H,20,21,22). The lowest BCUT2D eigenvalue weighted by Gasteiger charge is -2.11. The molecule has 0 aromatic heterocycles. The topological polar surface area (TPSA) is 135 Å². The average molecular weight is 330 g/mol. The Bertz CT molecular complexity index is 888. The number of amides is 1. The van der Waals surface area contributed by atoms with Crippen molar-refractivity contribution in [2.24, 2.45) is 11.0 Å². The van der Waals surface area contributed by atoms with E-state index in [-0.39, 0.29) is 16.2 Å². The number of allylic oxidation sites excluding steroid dienone is 1. The first-order valence-electron chi connectivity index (χ1n) is 6.26. The van der Waals surface area contributed by atoms with Gasteiger partial charge >= 0.3 is 0 Å². The number of anilines is 1. The zero-order valence-electron chi connectivity index (χ0n) is 11.8. The number of benzene rings is 1. The molecular formula is C14H10N4O4S. The predicted octanol–water partition coefficient (Wildman–Crippen LogP) is 1.25. The van der Waals surface area contributed by atoms with Gasteiger partial charge in [0.05, 0.1) is 34.0 Å². The van der Waals surface area contributed by atoms with Gasteiger partial charge in [0.1, 0.15) is 0 Å². The Morgan fingerprint density at radius 1 is 1.26 bits per heavy atom. The van der Waals surface area contributed by atoms with E-state index in [9.17, 15) is 13.2 Å². The summed E-state index contributed by atoms with van der Waals surface area (Å²) in [7, 11) is -4.32. The second-order valence-corrected chi connectivity index (χ2v) is 6.01. The Morgan fingerprint density at radius 3 is 2.30 bits per heavy atom. The van der Waals surface area contributed by atoms with Crippen LogP contribution in [0.2, 0.25) is 0 Å². The molecule has 0 unspecified atom stereocenters. The molecule has 1 amide bonds. The van der Waals surface area contributed by atoms with Crippen LogP contribution in [0.4, 0.5) is 5.69 Å². The molecule has 1 heterocycles. The molecule has 23 heavy (non-hydrogen) atoms. The van der Waals surface area contributed by atoms with Crippen molar-refractivity contribution in [1.29, 1.82) is 10.5 Å². The minimum Gasteiger partial charge on any atom is -0.282 e. The molecule has 0 fully saturated rings. The molecule has 0 aliphatic carbocycles. The predicted molar refractivity (Wildman–Crippen MR) is 79.7 cm³/mol. The van der Waals surface area contributed by atoms with Crippen molar-refractivity contribution in [3.63, 3.8) is 0 Å². The van der Waals surface area contributed by atoms with Crippen molar-refractivity contribution in [2.45, 2.75) is 11.8 Å². The fourth-order valence-electron chi connectivity index (χ4n) is 1.91. The summed E-state index contributed by atoms with van der Waals surface area (Å²) in [5.74, 6) is -1.60. The monoisotopic (exact) mass is 330 g/mol. The van der Waals surface area contributed by atoms with Gasteiger partial charge in [0, 0.05) is 0 Å². The number of hydrogen-bond acceptors (Lipinski definition) is 6. The van der Waals surface area contributed by atoms with Crippen LogP contribution < -0.4 is 5.01 Å². The quantitative estimate of drug-likeness (QED) is 0.654. The van der Waals surface area contributed by atoms with Crippen LogP contribution in [-0.4, -0.2) is 24.6 Å². The Morgan fingerprint density at radius 2 is 1.83 bits per heavy atom. The Labute approximate surface area is 132 Å². The molecule has 0 bridgehead atoms. The van der Waals surface area contributed by atoms with Gasteiger partial charge in [-0.05, 0) is 37.3 Å². The van der Waals surface area contributed by atoms with Gasteiger partial charge in [-0.15, -0.1) is 0 Å². The molecule has 0 saturated heterocycles. The van der Waals surface area contributed by atoms with Crippen molar-refractivity contribution < 1.29 is 17.8 Å². The van der Waals surface area contributed by atoms with Gasteiger partial charge in [-0.2, -0.15) is 29.1 Å². The maximum absolute atomic E-state index is 12.3. The number of nitriles is 2. The van der Waals surface area contributed by atoms with Gasteiger partial charge in [-0.3, -0.25) is 9.35 Å². The first-order chi connectivity index (χ1) is 10.8. The van der Waals surface area contributed by atoms with Gasteiger partial charge in [0.25, 0.3) is 16.0 Å². The van der Waals surface area contributed by atoms with E-state index in [4.69, 9.17) is 15.1 Å². The van der Waals surface area contributed by atoms with E-state index in [1.165, 1.54) is 18.2 Å². The molecule has 9 heteroatoms. The van der Waals surface area contributed by atoms with Crippen LogP contribution in [0.1, 0.15) is 6.92 Å². The molecule has 0 radical (unpaired) electrons. The zero-order chi connectivity index (χ0) is 17.2. The summed E-state index contributed by atoms with van der Waals surface area (Å²) in [6, 6.07) is 8.38. The van der Waals surface area contributed by atoms with Crippen LogP contribution in [0.3, 0.4) is 0 Å². The summed E-state index contributed by atoms with van der Waals surface area (Å²) < 4.78 is 30.9. The average Bonchev–Trinajstić information content (AvgIpc) is 2.79. The highest BCUT2D eigenvalue weighted by molar-refractivity contribution is 7.85. The van der Waals surface area contributed by atoms with Crippen LogP contribution in [0.25, 0.3) is 0 Å². The summed E-state index contributed by atoms with van der Waals surface area (Å²) >= 11 is 0. The maximum atomic E-state index is 12.3. The highest BCUT2D eigenvalue weighted by atomic mass is 32.2. The van der Waals surface area contributed by atoms with Gasteiger partial charge in [0.2, 0.25) is 0 Å². The Kier molecular flexibility index (Phi) is 4.27. The molecule has 0 saturated carbocycles. The second kappa shape index (κ2) is 6.01. The van der Waals surface area contributed by atoms with Crippen LogP contribution in [0, 0.1) is 28.6 Å². The number of nitrogens with zero attached hydrogens (tertiary/aromatic N) is 4. The molecule has 1 aliphatic rings. The summed E-state index contributed by atoms with van der Waals surface area (Å²) in [6.45, 7) is 1.56. The number of rotatable bonds is 3. The third-order valence-electron chi connectivity index (χ3n) is 3.05. The van der Waals surface area contributed by atoms with Gasteiger partial charge in [-0.1, -0.05) is 0 Å². The largest absolute Gasteiger partial charge is 0.294 e. The SMILES string of the molecule is CC1=NN(c2ccc(S(=O)(=O)O)cc2)C(=O)C1=CC(C#N)C#N. The number of hydrogen-bond donors (Lipinski definition) is 1. The molecule has 0 atom stereocenters. The summed E-state index contributed by atoms with van der Waals surface area (Å²) in [5.41, 5.74) is 0.761. The van der Waals surface area contributed by atoms with Crippen molar-refractivity contribution in [1.82, 2.24) is 0 Å². The lowest BCUT2D eigenvalue weighted by atomic mass is 10.1. The van der Waals surface area contributed by atoms with Crippen molar-refractivity contribution in [2.75, 3.05) is 5.01 Å². The highest BCUT2D eigenvalue weighted by Gasteiger charge is 2.29.